The van der Waals surface area contributed by atoms with Crippen molar-refractivity contribution >= 4 is 13.3 Å². The molecule has 2 aromatic rings. The molecular formula is C21H26O3Si. The molecule has 4 heteroatoms. The van der Waals surface area contributed by atoms with Crippen LogP contribution in [0.25, 0.3) is 0 Å². The fourth-order valence-corrected chi connectivity index (χ4v) is 5.91. The highest BCUT2D eigenvalue weighted by Crippen LogP contribution is 2.26. The predicted octanol–water partition coefficient (Wildman–Crippen LogP) is 3.39. The SMILES string of the molecule is C[Si](C)(C1=C[C@@H](COCc2ccccc2)O[C@@H](O)C1)c1ccccc1. The Kier molecular flexibility index (Phi) is 5.86. The third-order valence-corrected chi connectivity index (χ3v) is 8.56. The standard InChI is InChI=1S/C21H26O3Si/c1-25(2,19-11-7-4-8-12-19)20-13-18(24-21(22)14-20)16-23-15-17-9-5-3-6-10-17/h3-13,18,21-22H,14-16H2,1-2H3/t18-,21+/m0/s1. The zero-order chi connectivity index (χ0) is 17.7. The maximum Gasteiger partial charge on any atom is 0.158 e. The van der Waals surface area contributed by atoms with Crippen LogP contribution in [0.1, 0.15) is 12.0 Å². The van der Waals surface area contributed by atoms with E-state index in [0.29, 0.717) is 19.6 Å². The molecule has 1 heterocycles. The first-order valence-electron chi connectivity index (χ1n) is 8.77. The van der Waals surface area contributed by atoms with E-state index in [-0.39, 0.29) is 6.10 Å². The van der Waals surface area contributed by atoms with Gasteiger partial charge in [-0.3, -0.25) is 0 Å². The van der Waals surface area contributed by atoms with Gasteiger partial charge < -0.3 is 14.6 Å². The molecule has 25 heavy (non-hydrogen) atoms. The van der Waals surface area contributed by atoms with Crippen molar-refractivity contribution in [1.29, 1.82) is 0 Å². The van der Waals surface area contributed by atoms with Crippen molar-refractivity contribution in [2.24, 2.45) is 0 Å². The van der Waals surface area contributed by atoms with Gasteiger partial charge in [0.15, 0.2) is 6.29 Å². The van der Waals surface area contributed by atoms with E-state index in [1.54, 1.807) is 0 Å². The molecule has 0 bridgehead atoms. The van der Waals surface area contributed by atoms with Gasteiger partial charge in [0, 0.05) is 6.42 Å². The van der Waals surface area contributed by atoms with Crippen molar-refractivity contribution in [3.8, 4) is 0 Å². The Morgan fingerprint density at radius 2 is 1.68 bits per heavy atom. The van der Waals surface area contributed by atoms with E-state index in [4.69, 9.17) is 9.47 Å². The fourth-order valence-electron chi connectivity index (χ4n) is 3.23. The second kappa shape index (κ2) is 8.10. The van der Waals surface area contributed by atoms with Gasteiger partial charge in [-0.15, -0.1) is 0 Å². The summed E-state index contributed by atoms with van der Waals surface area (Å²) in [5, 5.41) is 12.9. The van der Waals surface area contributed by atoms with Crippen LogP contribution in [0.5, 0.6) is 0 Å². The summed E-state index contributed by atoms with van der Waals surface area (Å²) >= 11 is 0. The molecule has 0 aliphatic carbocycles. The van der Waals surface area contributed by atoms with E-state index in [1.165, 1.54) is 10.4 Å². The minimum Gasteiger partial charge on any atom is -0.374 e. The van der Waals surface area contributed by atoms with E-state index < -0.39 is 14.4 Å². The Morgan fingerprint density at radius 1 is 1.04 bits per heavy atom. The van der Waals surface area contributed by atoms with Crippen LogP contribution in [0.3, 0.4) is 0 Å². The van der Waals surface area contributed by atoms with Crippen LogP contribution in [0.2, 0.25) is 13.1 Å². The summed E-state index contributed by atoms with van der Waals surface area (Å²) in [4.78, 5) is 0. The van der Waals surface area contributed by atoms with Gasteiger partial charge in [0.2, 0.25) is 0 Å². The molecule has 3 rings (SSSR count). The molecule has 2 aromatic carbocycles. The monoisotopic (exact) mass is 354 g/mol. The molecule has 1 aliphatic heterocycles. The second-order valence-corrected chi connectivity index (χ2v) is 11.5. The summed E-state index contributed by atoms with van der Waals surface area (Å²) in [5.74, 6) is 0. The Morgan fingerprint density at radius 3 is 2.36 bits per heavy atom. The smallest absolute Gasteiger partial charge is 0.158 e. The first kappa shape index (κ1) is 18.1. The summed E-state index contributed by atoms with van der Waals surface area (Å²) < 4.78 is 11.5. The molecule has 132 valence electrons. The Labute approximate surface area is 150 Å². The number of aliphatic hydroxyl groups excluding tert-OH is 1. The predicted molar refractivity (Wildman–Crippen MR) is 103 cm³/mol. The lowest BCUT2D eigenvalue weighted by atomic mass is 10.2. The van der Waals surface area contributed by atoms with Gasteiger partial charge in [-0.25, -0.2) is 0 Å². The molecule has 3 nitrogen and oxygen atoms in total. The van der Waals surface area contributed by atoms with E-state index in [0.717, 1.165) is 5.56 Å². The van der Waals surface area contributed by atoms with Gasteiger partial charge in [-0.1, -0.05) is 90.2 Å². The largest absolute Gasteiger partial charge is 0.374 e. The lowest BCUT2D eigenvalue weighted by Gasteiger charge is -2.34. The molecule has 1 N–H and O–H groups in total. The summed E-state index contributed by atoms with van der Waals surface area (Å²) in [6.07, 6.45) is 1.82. The molecule has 2 atom stereocenters. The van der Waals surface area contributed by atoms with Crippen molar-refractivity contribution in [3.63, 3.8) is 0 Å². The van der Waals surface area contributed by atoms with Crippen molar-refractivity contribution in [1.82, 2.24) is 0 Å². The van der Waals surface area contributed by atoms with Crippen LogP contribution < -0.4 is 5.19 Å². The maximum absolute atomic E-state index is 10.2. The molecule has 0 amide bonds. The average molecular weight is 355 g/mol. The van der Waals surface area contributed by atoms with Crippen LogP contribution in [-0.4, -0.2) is 32.2 Å². The maximum atomic E-state index is 10.2. The van der Waals surface area contributed by atoms with Gasteiger partial charge >= 0.3 is 0 Å². The van der Waals surface area contributed by atoms with Gasteiger partial charge in [0.1, 0.15) is 14.2 Å². The number of ether oxygens (including phenoxy) is 2. The summed E-state index contributed by atoms with van der Waals surface area (Å²) in [6.45, 7) is 5.66. The molecule has 0 saturated carbocycles. The Balaban J connectivity index is 1.67. The molecule has 0 aromatic heterocycles. The van der Waals surface area contributed by atoms with Crippen LogP contribution in [0.15, 0.2) is 71.9 Å². The number of hydrogen-bond acceptors (Lipinski definition) is 3. The molecule has 0 fully saturated rings. The molecule has 0 spiro atoms. The number of rotatable bonds is 6. The highest BCUT2D eigenvalue weighted by atomic mass is 28.3. The summed E-state index contributed by atoms with van der Waals surface area (Å²) in [5.41, 5.74) is 1.14. The average Bonchev–Trinajstić information content (AvgIpc) is 2.63. The Bertz CT molecular complexity index is 698. The molecular weight excluding hydrogens is 328 g/mol. The minimum absolute atomic E-state index is 0.196. The van der Waals surface area contributed by atoms with E-state index in [1.807, 2.05) is 36.4 Å². The van der Waals surface area contributed by atoms with Crippen molar-refractivity contribution < 1.29 is 14.6 Å². The lowest BCUT2D eigenvalue weighted by molar-refractivity contribution is -0.143. The summed E-state index contributed by atoms with van der Waals surface area (Å²) in [7, 11) is -1.80. The van der Waals surface area contributed by atoms with E-state index in [2.05, 4.69) is 43.4 Å². The molecule has 0 radical (unpaired) electrons. The summed E-state index contributed by atoms with van der Waals surface area (Å²) in [6, 6.07) is 20.7. The lowest BCUT2D eigenvalue weighted by Crippen LogP contribution is -2.47. The van der Waals surface area contributed by atoms with Crippen molar-refractivity contribution in [2.75, 3.05) is 6.61 Å². The quantitative estimate of drug-likeness (QED) is 0.808. The van der Waals surface area contributed by atoms with E-state index in [9.17, 15) is 5.11 Å². The highest BCUT2D eigenvalue weighted by Gasteiger charge is 2.33. The molecule has 0 saturated heterocycles. The van der Waals surface area contributed by atoms with Gasteiger partial charge in [-0.05, 0) is 5.56 Å². The third-order valence-electron chi connectivity index (χ3n) is 4.81. The zero-order valence-electron chi connectivity index (χ0n) is 14.9. The topological polar surface area (TPSA) is 38.7 Å². The first-order valence-corrected chi connectivity index (χ1v) is 11.8. The fraction of sp³-hybridized carbons (Fsp3) is 0.333. The van der Waals surface area contributed by atoms with Crippen LogP contribution in [0.4, 0.5) is 0 Å². The zero-order valence-corrected chi connectivity index (χ0v) is 15.9. The van der Waals surface area contributed by atoms with Crippen LogP contribution >= 0.6 is 0 Å². The number of aliphatic hydroxyl groups is 1. The molecule has 1 aliphatic rings. The third kappa shape index (κ3) is 4.67. The minimum atomic E-state index is -1.80. The van der Waals surface area contributed by atoms with Crippen molar-refractivity contribution in [2.45, 2.75) is 38.5 Å². The number of benzene rings is 2. The Hall–Kier alpha value is -1.72. The van der Waals surface area contributed by atoms with E-state index >= 15 is 0 Å². The van der Waals surface area contributed by atoms with Gasteiger partial charge in [-0.2, -0.15) is 0 Å². The normalized spacial score (nSPS) is 21.0. The van der Waals surface area contributed by atoms with Gasteiger partial charge in [0.05, 0.1) is 13.2 Å². The second-order valence-electron chi connectivity index (χ2n) is 7.02. The highest BCUT2D eigenvalue weighted by molar-refractivity contribution is 6.95. The van der Waals surface area contributed by atoms with Crippen LogP contribution in [0, 0.1) is 0 Å². The first-order chi connectivity index (χ1) is 12.1. The van der Waals surface area contributed by atoms with Gasteiger partial charge in [0.25, 0.3) is 0 Å². The van der Waals surface area contributed by atoms with Crippen molar-refractivity contribution in [3.05, 3.63) is 77.5 Å². The number of hydrogen-bond donors (Lipinski definition) is 1. The van der Waals surface area contributed by atoms with Crippen LogP contribution in [-0.2, 0) is 16.1 Å². The molecule has 0 unspecified atom stereocenters.